The topological polar surface area (TPSA) is 66.0 Å². The van der Waals surface area contributed by atoms with Gasteiger partial charge in [0, 0.05) is 48.8 Å². The second-order valence-corrected chi connectivity index (χ2v) is 8.88. The Morgan fingerprint density at radius 2 is 1.73 bits per heavy atom. The van der Waals surface area contributed by atoms with Crippen molar-refractivity contribution in [3.8, 4) is 0 Å². The molecule has 1 atom stereocenters. The van der Waals surface area contributed by atoms with Crippen LogP contribution in [0, 0.1) is 0 Å². The predicted octanol–water partition coefficient (Wildman–Crippen LogP) is 5.82. The molecule has 2 aromatic carbocycles. The van der Waals surface area contributed by atoms with Crippen LogP contribution in [0.1, 0.15) is 44.6 Å². The summed E-state index contributed by atoms with van der Waals surface area (Å²) in [6.07, 6.45) is 5.44. The van der Waals surface area contributed by atoms with Crippen LogP contribution in [0.3, 0.4) is 0 Å². The van der Waals surface area contributed by atoms with Crippen molar-refractivity contribution in [3.63, 3.8) is 0 Å². The van der Waals surface area contributed by atoms with Crippen molar-refractivity contribution < 1.29 is 0 Å². The average molecular weight is 441 g/mol. The van der Waals surface area contributed by atoms with E-state index in [1.54, 1.807) is 0 Å². The summed E-state index contributed by atoms with van der Waals surface area (Å²) in [4.78, 5) is 16.6. The number of hydrogen-bond acceptors (Lipinski definition) is 6. The Balaban J connectivity index is 1.30. The first-order valence-corrected chi connectivity index (χ1v) is 12.1. The molecule has 0 aliphatic carbocycles. The molecule has 4 aromatic rings. The Morgan fingerprint density at radius 3 is 2.58 bits per heavy atom. The largest absolute Gasteiger partial charge is 0.383 e. The van der Waals surface area contributed by atoms with Crippen molar-refractivity contribution in [2.45, 2.75) is 39.0 Å². The number of para-hydroxylation sites is 1. The van der Waals surface area contributed by atoms with Gasteiger partial charge in [-0.05, 0) is 55.0 Å². The Hall–Kier alpha value is -3.41. The number of benzene rings is 2. The molecule has 1 fully saturated rings. The fourth-order valence-electron chi connectivity index (χ4n) is 4.50. The zero-order chi connectivity index (χ0) is 22.6. The van der Waals surface area contributed by atoms with E-state index >= 15 is 0 Å². The van der Waals surface area contributed by atoms with Gasteiger partial charge in [0.25, 0.3) is 0 Å². The number of nitrogens with one attached hydrogen (secondary N) is 2. The van der Waals surface area contributed by atoms with E-state index in [0.717, 1.165) is 71.9 Å². The van der Waals surface area contributed by atoms with Crippen molar-refractivity contribution in [1.29, 1.82) is 0 Å². The van der Waals surface area contributed by atoms with Crippen LogP contribution in [-0.4, -0.2) is 41.1 Å². The van der Waals surface area contributed by atoms with E-state index in [-0.39, 0.29) is 0 Å². The number of anilines is 3. The van der Waals surface area contributed by atoms with E-state index in [4.69, 9.17) is 9.97 Å². The quantitative estimate of drug-likeness (QED) is 0.337. The molecule has 0 bridgehead atoms. The molecule has 0 saturated carbocycles. The zero-order valence-electron chi connectivity index (χ0n) is 19.5. The maximum absolute atomic E-state index is 4.88. The first kappa shape index (κ1) is 21.4. The minimum absolute atomic E-state index is 0.546. The van der Waals surface area contributed by atoms with Gasteiger partial charge in [0.1, 0.15) is 5.82 Å². The summed E-state index contributed by atoms with van der Waals surface area (Å²) >= 11 is 0. The number of pyridine rings is 1. The smallest absolute Gasteiger partial charge is 0.227 e. The highest BCUT2D eigenvalue weighted by Gasteiger charge is 2.17. The third kappa shape index (κ3) is 4.56. The van der Waals surface area contributed by atoms with Gasteiger partial charge in [0.2, 0.25) is 5.95 Å². The fraction of sp³-hybridized carbons (Fsp3) is 0.370. The van der Waals surface area contributed by atoms with Gasteiger partial charge < -0.3 is 15.5 Å². The van der Waals surface area contributed by atoms with Gasteiger partial charge >= 0.3 is 0 Å². The summed E-state index contributed by atoms with van der Waals surface area (Å²) in [6.45, 7) is 8.10. The van der Waals surface area contributed by atoms with E-state index in [1.165, 1.54) is 18.4 Å². The number of hydrogen-bond donors (Lipinski definition) is 2. The molecule has 1 unspecified atom stereocenters. The van der Waals surface area contributed by atoms with E-state index in [9.17, 15) is 0 Å². The van der Waals surface area contributed by atoms with Crippen LogP contribution in [0.15, 0.2) is 54.7 Å². The van der Waals surface area contributed by atoms with E-state index in [2.05, 4.69) is 70.8 Å². The van der Waals surface area contributed by atoms with Crippen LogP contribution in [-0.2, 0) is 0 Å². The second-order valence-electron chi connectivity index (χ2n) is 8.88. The Morgan fingerprint density at radius 1 is 0.909 bits per heavy atom. The van der Waals surface area contributed by atoms with Crippen molar-refractivity contribution in [2.75, 3.05) is 41.7 Å². The lowest BCUT2D eigenvalue weighted by atomic mass is 9.97. The summed E-state index contributed by atoms with van der Waals surface area (Å²) in [7, 11) is 0. The summed E-state index contributed by atoms with van der Waals surface area (Å²) < 4.78 is 0. The van der Waals surface area contributed by atoms with Crippen LogP contribution < -0.4 is 15.5 Å². The number of rotatable bonds is 8. The van der Waals surface area contributed by atoms with E-state index < -0.39 is 0 Å². The SMILES string of the molecule is CCC(C)c1ccc2c(NCCNc3nc(N4CCCC4)nc4ccccc34)ccnc2c1. The Labute approximate surface area is 195 Å². The van der Waals surface area contributed by atoms with Gasteiger partial charge in [-0.1, -0.05) is 38.1 Å². The highest BCUT2D eigenvalue weighted by atomic mass is 15.3. The molecule has 1 saturated heterocycles. The molecule has 6 heteroatoms. The lowest BCUT2D eigenvalue weighted by Gasteiger charge is -2.18. The number of nitrogens with zero attached hydrogens (tertiary/aromatic N) is 4. The van der Waals surface area contributed by atoms with Gasteiger partial charge in [-0.25, -0.2) is 4.98 Å². The molecule has 1 aliphatic heterocycles. The lowest BCUT2D eigenvalue weighted by Crippen LogP contribution is -2.22. The molecule has 33 heavy (non-hydrogen) atoms. The predicted molar refractivity (Wildman–Crippen MR) is 138 cm³/mol. The molecule has 170 valence electrons. The standard InChI is InChI=1S/C27H32N6/c1-3-19(2)20-10-11-21-23(12-13-28-25(21)18-20)29-14-15-30-26-22-8-4-5-9-24(22)31-27(32-26)33-16-6-7-17-33/h4-5,8-13,18-19H,3,6-7,14-17H2,1-2H3,(H,28,29)(H,30,31,32). The van der Waals surface area contributed by atoms with Gasteiger partial charge in [-0.2, -0.15) is 4.98 Å². The molecular weight excluding hydrogens is 408 g/mol. The fourth-order valence-corrected chi connectivity index (χ4v) is 4.50. The third-order valence-corrected chi connectivity index (χ3v) is 6.66. The van der Waals surface area contributed by atoms with Gasteiger partial charge in [-0.15, -0.1) is 0 Å². The number of fused-ring (bicyclic) bond motifs is 2. The monoisotopic (exact) mass is 440 g/mol. The first-order valence-electron chi connectivity index (χ1n) is 12.1. The minimum atomic E-state index is 0.546. The van der Waals surface area contributed by atoms with Crippen LogP contribution in [0.4, 0.5) is 17.5 Å². The molecule has 0 amide bonds. The van der Waals surface area contributed by atoms with E-state index in [1.807, 2.05) is 18.3 Å². The molecule has 2 aromatic heterocycles. The molecule has 1 aliphatic rings. The average Bonchev–Trinajstić information content (AvgIpc) is 3.41. The van der Waals surface area contributed by atoms with Crippen LogP contribution in [0.25, 0.3) is 21.8 Å². The lowest BCUT2D eigenvalue weighted by molar-refractivity contribution is 0.734. The molecule has 2 N–H and O–H groups in total. The van der Waals surface area contributed by atoms with Gasteiger partial charge in [0.15, 0.2) is 0 Å². The summed E-state index contributed by atoms with van der Waals surface area (Å²) in [5.74, 6) is 2.28. The maximum Gasteiger partial charge on any atom is 0.227 e. The first-order chi connectivity index (χ1) is 16.2. The Kier molecular flexibility index (Phi) is 6.24. The zero-order valence-corrected chi connectivity index (χ0v) is 19.5. The molecule has 3 heterocycles. The summed E-state index contributed by atoms with van der Waals surface area (Å²) in [5.41, 5.74) is 4.49. The Bertz CT molecular complexity index is 1250. The normalized spacial score (nSPS) is 14.7. The molecule has 5 rings (SSSR count). The highest BCUT2D eigenvalue weighted by Crippen LogP contribution is 2.27. The van der Waals surface area contributed by atoms with Crippen molar-refractivity contribution >= 4 is 39.3 Å². The molecule has 0 spiro atoms. The summed E-state index contributed by atoms with van der Waals surface area (Å²) in [6, 6.07) is 16.9. The van der Waals surface area contributed by atoms with E-state index in [0.29, 0.717) is 5.92 Å². The molecule has 0 radical (unpaired) electrons. The highest BCUT2D eigenvalue weighted by molar-refractivity contribution is 5.92. The van der Waals surface area contributed by atoms with Crippen molar-refractivity contribution in [3.05, 3.63) is 60.3 Å². The second kappa shape index (κ2) is 9.61. The minimum Gasteiger partial charge on any atom is -0.383 e. The van der Waals surface area contributed by atoms with Crippen molar-refractivity contribution in [2.24, 2.45) is 0 Å². The van der Waals surface area contributed by atoms with Gasteiger partial charge in [0.05, 0.1) is 11.0 Å². The van der Waals surface area contributed by atoms with Crippen LogP contribution in [0.5, 0.6) is 0 Å². The van der Waals surface area contributed by atoms with Crippen molar-refractivity contribution in [1.82, 2.24) is 15.0 Å². The summed E-state index contributed by atoms with van der Waals surface area (Å²) in [5, 5.41) is 9.35. The maximum atomic E-state index is 4.88. The van der Waals surface area contributed by atoms with Crippen LogP contribution in [0.2, 0.25) is 0 Å². The van der Waals surface area contributed by atoms with Gasteiger partial charge in [-0.3, -0.25) is 4.98 Å². The molecule has 6 nitrogen and oxygen atoms in total. The number of aromatic nitrogens is 3. The van der Waals surface area contributed by atoms with Crippen LogP contribution >= 0.6 is 0 Å². The third-order valence-electron chi connectivity index (χ3n) is 6.66. The molecular formula is C27H32N6.